The second kappa shape index (κ2) is 5.44. The van der Waals surface area contributed by atoms with Gasteiger partial charge in [-0.15, -0.1) is 11.3 Å². The highest BCUT2D eigenvalue weighted by molar-refractivity contribution is 7.10. The Morgan fingerprint density at radius 1 is 1.15 bits per heavy atom. The zero-order valence-electron chi connectivity index (χ0n) is 10.8. The van der Waals surface area contributed by atoms with E-state index in [9.17, 15) is 5.11 Å². The van der Waals surface area contributed by atoms with Crippen LogP contribution < -0.4 is 4.74 Å². The van der Waals surface area contributed by atoms with Crippen LogP contribution in [0, 0.1) is 0 Å². The molecule has 20 heavy (non-hydrogen) atoms. The zero-order valence-corrected chi connectivity index (χ0v) is 12.4. The minimum Gasteiger partial charge on any atom is -0.496 e. The number of fused-ring (bicyclic) bond motifs is 1. The van der Waals surface area contributed by atoms with Gasteiger partial charge in [0.05, 0.1) is 7.11 Å². The average molecular weight is 305 g/mol. The molecule has 0 aliphatic rings. The highest BCUT2D eigenvalue weighted by Gasteiger charge is 2.16. The molecule has 0 radical (unpaired) electrons. The molecule has 0 aliphatic carbocycles. The fraction of sp³-hybridized carbons (Fsp3) is 0.125. The normalized spacial score (nSPS) is 12.6. The molecule has 1 atom stereocenters. The molecule has 0 saturated heterocycles. The zero-order chi connectivity index (χ0) is 14.1. The lowest BCUT2D eigenvalue weighted by Gasteiger charge is -2.13. The molecule has 0 fully saturated rings. The summed E-state index contributed by atoms with van der Waals surface area (Å²) in [5, 5.41) is 15.1. The van der Waals surface area contributed by atoms with Crippen LogP contribution in [0.15, 0.2) is 47.8 Å². The molecule has 102 valence electrons. The SMILES string of the molecule is COc1csc(C(O)c2ccc(Cl)c3ccccc23)c1. The van der Waals surface area contributed by atoms with Crippen molar-refractivity contribution in [2.75, 3.05) is 7.11 Å². The largest absolute Gasteiger partial charge is 0.496 e. The molecule has 0 spiro atoms. The smallest absolute Gasteiger partial charge is 0.129 e. The monoisotopic (exact) mass is 304 g/mol. The van der Waals surface area contributed by atoms with Crippen molar-refractivity contribution in [1.29, 1.82) is 0 Å². The molecule has 0 bridgehead atoms. The Kier molecular flexibility index (Phi) is 3.66. The number of thiophene rings is 1. The molecule has 1 aromatic heterocycles. The molecule has 0 saturated carbocycles. The van der Waals surface area contributed by atoms with E-state index in [2.05, 4.69) is 0 Å². The van der Waals surface area contributed by atoms with Crippen LogP contribution in [0.5, 0.6) is 5.75 Å². The Morgan fingerprint density at radius 2 is 1.90 bits per heavy atom. The van der Waals surface area contributed by atoms with Gasteiger partial charge in [-0.2, -0.15) is 0 Å². The first-order valence-corrected chi connectivity index (χ1v) is 7.44. The predicted molar refractivity (Wildman–Crippen MR) is 83.9 cm³/mol. The standard InChI is InChI=1S/C16H13ClO2S/c1-19-10-8-15(20-9-10)16(18)13-6-7-14(17)12-5-3-2-4-11(12)13/h2-9,16,18H,1H3. The van der Waals surface area contributed by atoms with E-state index >= 15 is 0 Å². The van der Waals surface area contributed by atoms with E-state index in [1.165, 1.54) is 11.3 Å². The number of hydrogen-bond acceptors (Lipinski definition) is 3. The van der Waals surface area contributed by atoms with Gasteiger partial charge in [0.15, 0.2) is 0 Å². The molecular weight excluding hydrogens is 292 g/mol. The topological polar surface area (TPSA) is 29.5 Å². The molecule has 2 aromatic carbocycles. The van der Waals surface area contributed by atoms with Gasteiger partial charge >= 0.3 is 0 Å². The van der Waals surface area contributed by atoms with Crippen molar-refractivity contribution in [3.05, 3.63) is 63.3 Å². The van der Waals surface area contributed by atoms with Crippen LogP contribution in [0.1, 0.15) is 16.5 Å². The fourth-order valence-corrected chi connectivity index (χ4v) is 3.35. The second-order valence-electron chi connectivity index (χ2n) is 4.47. The number of halogens is 1. The van der Waals surface area contributed by atoms with E-state index < -0.39 is 6.10 Å². The van der Waals surface area contributed by atoms with Crippen molar-refractivity contribution in [2.24, 2.45) is 0 Å². The van der Waals surface area contributed by atoms with Crippen LogP contribution in [0.2, 0.25) is 5.02 Å². The molecule has 1 heterocycles. The summed E-state index contributed by atoms with van der Waals surface area (Å²) in [6, 6.07) is 13.4. The maximum Gasteiger partial charge on any atom is 0.129 e. The lowest BCUT2D eigenvalue weighted by Crippen LogP contribution is -1.98. The Hall–Kier alpha value is -1.55. The van der Waals surface area contributed by atoms with E-state index in [4.69, 9.17) is 16.3 Å². The summed E-state index contributed by atoms with van der Waals surface area (Å²) in [5.74, 6) is 0.766. The number of rotatable bonds is 3. The van der Waals surface area contributed by atoms with E-state index in [-0.39, 0.29) is 0 Å². The van der Waals surface area contributed by atoms with Gasteiger partial charge in [-0.05, 0) is 23.1 Å². The summed E-state index contributed by atoms with van der Waals surface area (Å²) >= 11 is 7.69. The van der Waals surface area contributed by atoms with Gasteiger partial charge in [-0.1, -0.05) is 41.9 Å². The number of aliphatic hydroxyl groups excluding tert-OH is 1. The summed E-state index contributed by atoms with van der Waals surface area (Å²) in [6.07, 6.45) is -0.675. The summed E-state index contributed by atoms with van der Waals surface area (Å²) in [7, 11) is 1.62. The summed E-state index contributed by atoms with van der Waals surface area (Å²) in [6.45, 7) is 0. The van der Waals surface area contributed by atoms with Gasteiger partial charge in [0.1, 0.15) is 11.9 Å². The summed E-state index contributed by atoms with van der Waals surface area (Å²) in [5.41, 5.74) is 0.856. The second-order valence-corrected chi connectivity index (χ2v) is 5.82. The van der Waals surface area contributed by atoms with Gasteiger partial charge < -0.3 is 9.84 Å². The van der Waals surface area contributed by atoms with Gasteiger partial charge in [0, 0.05) is 20.7 Å². The van der Waals surface area contributed by atoms with Gasteiger partial charge in [-0.25, -0.2) is 0 Å². The molecule has 1 N–H and O–H groups in total. The van der Waals surface area contributed by atoms with E-state index in [0.717, 1.165) is 27.0 Å². The molecule has 1 unspecified atom stereocenters. The molecule has 2 nitrogen and oxygen atoms in total. The van der Waals surface area contributed by atoms with Crippen LogP contribution in [0.25, 0.3) is 10.8 Å². The third-order valence-electron chi connectivity index (χ3n) is 3.30. The maximum absolute atomic E-state index is 10.6. The van der Waals surface area contributed by atoms with Crippen molar-refractivity contribution in [3.8, 4) is 5.75 Å². The van der Waals surface area contributed by atoms with Crippen LogP contribution >= 0.6 is 22.9 Å². The fourth-order valence-electron chi connectivity index (χ4n) is 2.26. The Morgan fingerprint density at radius 3 is 2.60 bits per heavy atom. The van der Waals surface area contributed by atoms with E-state index in [1.54, 1.807) is 7.11 Å². The van der Waals surface area contributed by atoms with Crippen LogP contribution in [0.3, 0.4) is 0 Å². The Bertz CT molecular complexity index is 751. The van der Waals surface area contributed by atoms with Crippen molar-refractivity contribution in [1.82, 2.24) is 0 Å². The first-order chi connectivity index (χ1) is 9.70. The number of methoxy groups -OCH3 is 1. The highest BCUT2D eigenvalue weighted by Crippen LogP contribution is 2.36. The number of aliphatic hydroxyl groups is 1. The first kappa shape index (κ1) is 13.4. The number of hydrogen-bond donors (Lipinski definition) is 1. The van der Waals surface area contributed by atoms with Crippen LogP contribution in [-0.2, 0) is 0 Å². The minimum atomic E-state index is -0.675. The highest BCUT2D eigenvalue weighted by atomic mass is 35.5. The van der Waals surface area contributed by atoms with E-state index in [0.29, 0.717) is 5.02 Å². The molecule has 0 aliphatic heterocycles. The average Bonchev–Trinajstić information content (AvgIpc) is 2.96. The first-order valence-electron chi connectivity index (χ1n) is 6.18. The number of ether oxygens (including phenoxy) is 1. The predicted octanol–water partition coefficient (Wildman–Crippen LogP) is 4.65. The lowest BCUT2D eigenvalue weighted by molar-refractivity contribution is 0.225. The van der Waals surface area contributed by atoms with Crippen molar-refractivity contribution >= 4 is 33.7 Å². The third kappa shape index (κ3) is 2.29. The Balaban J connectivity index is 2.12. The van der Waals surface area contributed by atoms with Gasteiger partial charge in [-0.3, -0.25) is 0 Å². The lowest BCUT2D eigenvalue weighted by atomic mass is 9.99. The van der Waals surface area contributed by atoms with E-state index in [1.807, 2.05) is 47.8 Å². The minimum absolute atomic E-state index is 0.675. The van der Waals surface area contributed by atoms with Crippen molar-refractivity contribution in [2.45, 2.75) is 6.10 Å². The molecule has 3 aromatic rings. The quantitative estimate of drug-likeness (QED) is 0.763. The van der Waals surface area contributed by atoms with Crippen LogP contribution in [-0.4, -0.2) is 12.2 Å². The van der Waals surface area contributed by atoms with Crippen molar-refractivity contribution in [3.63, 3.8) is 0 Å². The Labute approximate surface area is 126 Å². The number of benzene rings is 2. The summed E-state index contributed by atoms with van der Waals surface area (Å²) < 4.78 is 5.17. The van der Waals surface area contributed by atoms with Crippen molar-refractivity contribution < 1.29 is 9.84 Å². The molecule has 0 amide bonds. The molecular formula is C16H13ClO2S. The molecule has 4 heteroatoms. The van der Waals surface area contributed by atoms with Gasteiger partial charge in [0.25, 0.3) is 0 Å². The van der Waals surface area contributed by atoms with Gasteiger partial charge in [0.2, 0.25) is 0 Å². The maximum atomic E-state index is 10.6. The third-order valence-corrected chi connectivity index (χ3v) is 4.59. The van der Waals surface area contributed by atoms with Crippen LogP contribution in [0.4, 0.5) is 0 Å². The molecule has 3 rings (SSSR count). The summed E-state index contributed by atoms with van der Waals surface area (Å²) in [4.78, 5) is 0.856.